The number of carbonyl (C=O) groups is 2. The number of ether oxygens (including phenoxy) is 1. The number of amides is 2. The third-order valence-corrected chi connectivity index (χ3v) is 5.21. The van der Waals surface area contributed by atoms with Crippen molar-refractivity contribution < 1.29 is 14.3 Å². The van der Waals surface area contributed by atoms with Crippen LogP contribution in [-0.2, 0) is 4.74 Å². The fraction of sp³-hybridized carbons (Fsp3) is 0.208. The van der Waals surface area contributed by atoms with Crippen molar-refractivity contribution >= 4 is 23.5 Å². The minimum Gasteiger partial charge on any atom is -0.453 e. The van der Waals surface area contributed by atoms with E-state index >= 15 is 0 Å². The van der Waals surface area contributed by atoms with Crippen LogP contribution in [0.3, 0.4) is 0 Å². The number of nitrogens with one attached hydrogen (secondary N) is 2. The van der Waals surface area contributed by atoms with Gasteiger partial charge in [-0.05, 0) is 62.2 Å². The van der Waals surface area contributed by atoms with Crippen LogP contribution in [0.15, 0.2) is 55.0 Å². The Morgan fingerprint density at radius 1 is 1.03 bits per heavy atom. The topological polar surface area (TPSA) is 137 Å². The molecule has 35 heavy (non-hydrogen) atoms. The van der Waals surface area contributed by atoms with Gasteiger partial charge in [-0.2, -0.15) is 10.2 Å². The summed E-state index contributed by atoms with van der Waals surface area (Å²) in [6.07, 6.45) is 4.21. The third-order valence-electron chi connectivity index (χ3n) is 5.21. The molecule has 4 rings (SSSR count). The Hall–Kier alpha value is -4.67. The number of carbonyl (C=O) groups excluding carboxylic acids is 2. The number of anilines is 2. The predicted molar refractivity (Wildman–Crippen MR) is 130 cm³/mol. The third kappa shape index (κ3) is 5.46. The first-order valence-electron chi connectivity index (χ1n) is 10.8. The number of hydrogen-bond acceptors (Lipinski definition) is 8. The second kappa shape index (κ2) is 10.1. The molecule has 0 aliphatic carbocycles. The van der Waals surface area contributed by atoms with Crippen molar-refractivity contribution in [2.24, 2.45) is 0 Å². The summed E-state index contributed by atoms with van der Waals surface area (Å²) in [5, 5.41) is 21.8. The van der Waals surface area contributed by atoms with Crippen LogP contribution in [0.5, 0.6) is 0 Å². The molecule has 0 saturated heterocycles. The monoisotopic (exact) mass is 472 g/mol. The van der Waals surface area contributed by atoms with Gasteiger partial charge in [-0.25, -0.2) is 14.5 Å². The van der Waals surface area contributed by atoms with E-state index in [4.69, 9.17) is 0 Å². The zero-order valence-electron chi connectivity index (χ0n) is 19.7. The minimum absolute atomic E-state index is 0.105. The summed E-state index contributed by atoms with van der Waals surface area (Å²) in [4.78, 5) is 28.3. The number of aryl methyl sites for hydroxylation is 1. The Morgan fingerprint density at radius 2 is 1.86 bits per heavy atom. The van der Waals surface area contributed by atoms with Gasteiger partial charge in [0.2, 0.25) is 0 Å². The van der Waals surface area contributed by atoms with Crippen LogP contribution in [0.25, 0.3) is 22.4 Å². The van der Waals surface area contributed by atoms with E-state index in [0.29, 0.717) is 17.2 Å². The van der Waals surface area contributed by atoms with Gasteiger partial charge in [0.05, 0.1) is 25.2 Å². The lowest BCUT2D eigenvalue weighted by molar-refractivity contribution is 0.102. The molecular formula is C24H24N8O3. The largest absolute Gasteiger partial charge is 0.453 e. The van der Waals surface area contributed by atoms with Gasteiger partial charge in [0.25, 0.3) is 5.91 Å². The molecule has 11 heteroatoms. The van der Waals surface area contributed by atoms with E-state index in [-0.39, 0.29) is 17.6 Å². The maximum atomic E-state index is 12.7. The maximum absolute atomic E-state index is 12.7. The van der Waals surface area contributed by atoms with Gasteiger partial charge in [0.15, 0.2) is 5.69 Å². The molecule has 0 bridgehead atoms. The molecule has 2 N–H and O–H groups in total. The zero-order chi connectivity index (χ0) is 24.9. The van der Waals surface area contributed by atoms with Crippen molar-refractivity contribution in [1.82, 2.24) is 30.2 Å². The first kappa shape index (κ1) is 23.5. The van der Waals surface area contributed by atoms with Gasteiger partial charge >= 0.3 is 6.09 Å². The van der Waals surface area contributed by atoms with Crippen molar-refractivity contribution in [3.05, 3.63) is 66.2 Å². The number of benzene rings is 1. The highest BCUT2D eigenvalue weighted by Crippen LogP contribution is 2.29. The van der Waals surface area contributed by atoms with E-state index < -0.39 is 6.09 Å². The Kier molecular flexibility index (Phi) is 6.76. The summed E-state index contributed by atoms with van der Waals surface area (Å²) in [5.74, 6) is -0.00281. The van der Waals surface area contributed by atoms with E-state index in [1.54, 1.807) is 35.4 Å². The molecule has 0 unspecified atom stereocenters. The van der Waals surface area contributed by atoms with Crippen LogP contribution in [-0.4, -0.2) is 49.3 Å². The second-order valence-electron chi connectivity index (χ2n) is 8.04. The van der Waals surface area contributed by atoms with Gasteiger partial charge in [-0.15, -0.1) is 5.10 Å². The maximum Gasteiger partial charge on any atom is 0.412 e. The molecule has 0 aliphatic heterocycles. The lowest BCUT2D eigenvalue weighted by Gasteiger charge is -2.10. The van der Waals surface area contributed by atoms with E-state index in [9.17, 15) is 9.59 Å². The summed E-state index contributed by atoms with van der Waals surface area (Å²) in [6, 6.07) is 11.1. The van der Waals surface area contributed by atoms with E-state index in [1.807, 2.05) is 45.0 Å². The fourth-order valence-corrected chi connectivity index (χ4v) is 3.29. The van der Waals surface area contributed by atoms with Crippen molar-refractivity contribution in [3.8, 4) is 22.4 Å². The van der Waals surface area contributed by atoms with Crippen molar-refractivity contribution in [3.63, 3.8) is 0 Å². The van der Waals surface area contributed by atoms with Gasteiger partial charge in [0.1, 0.15) is 5.82 Å². The van der Waals surface area contributed by atoms with Crippen molar-refractivity contribution in [1.29, 1.82) is 0 Å². The molecule has 0 radical (unpaired) electrons. The first-order valence-corrected chi connectivity index (χ1v) is 10.8. The molecule has 3 aromatic heterocycles. The van der Waals surface area contributed by atoms with Crippen LogP contribution in [0, 0.1) is 6.92 Å². The van der Waals surface area contributed by atoms with Gasteiger partial charge in [0, 0.05) is 29.1 Å². The highest BCUT2D eigenvalue weighted by molar-refractivity contribution is 6.03. The number of rotatable bonds is 6. The van der Waals surface area contributed by atoms with Crippen LogP contribution in [0.4, 0.5) is 16.3 Å². The van der Waals surface area contributed by atoms with Crippen LogP contribution in [0.2, 0.25) is 0 Å². The number of aromatic nitrogens is 6. The second-order valence-corrected chi connectivity index (χ2v) is 8.04. The average molecular weight is 473 g/mol. The molecule has 0 spiro atoms. The van der Waals surface area contributed by atoms with Crippen molar-refractivity contribution in [2.75, 3.05) is 17.7 Å². The highest BCUT2D eigenvalue weighted by Gasteiger charge is 2.14. The molecule has 0 aliphatic rings. The van der Waals surface area contributed by atoms with E-state index in [0.717, 1.165) is 22.3 Å². The summed E-state index contributed by atoms with van der Waals surface area (Å²) < 4.78 is 6.24. The van der Waals surface area contributed by atoms with Crippen LogP contribution < -0.4 is 10.6 Å². The number of nitrogens with zero attached hydrogens (tertiary/aromatic N) is 6. The Labute approximate surface area is 201 Å². The molecule has 178 valence electrons. The lowest BCUT2D eigenvalue weighted by Crippen LogP contribution is -2.12. The molecule has 1 aromatic carbocycles. The number of pyridine rings is 1. The molecule has 0 fully saturated rings. The standard InChI is InChI=1S/C24H24N8O3/c1-14(2)32-13-21(30-31-32)23(33)27-18-6-5-15(3)19(11-18)20-9-17(12-26-29-20)16-7-8-25-22(10-16)28-24(34)35-4/h5-14H,1-4H3,(H,27,33)(H,25,28,34). The predicted octanol–water partition coefficient (Wildman–Crippen LogP) is 4.12. The van der Waals surface area contributed by atoms with Crippen LogP contribution >= 0.6 is 0 Å². The highest BCUT2D eigenvalue weighted by atomic mass is 16.5. The van der Waals surface area contributed by atoms with Gasteiger partial charge < -0.3 is 10.1 Å². The molecule has 11 nitrogen and oxygen atoms in total. The molecule has 2 amide bonds. The lowest BCUT2D eigenvalue weighted by atomic mass is 10.0. The molecule has 0 saturated carbocycles. The fourth-order valence-electron chi connectivity index (χ4n) is 3.29. The zero-order valence-corrected chi connectivity index (χ0v) is 19.7. The van der Waals surface area contributed by atoms with Gasteiger partial charge in [-0.1, -0.05) is 11.3 Å². The molecule has 0 atom stereocenters. The molecular weight excluding hydrogens is 448 g/mol. The quantitative estimate of drug-likeness (QED) is 0.428. The summed E-state index contributed by atoms with van der Waals surface area (Å²) in [5.41, 5.74) is 4.79. The SMILES string of the molecule is COC(=O)Nc1cc(-c2cnnc(-c3cc(NC(=O)c4cn(C(C)C)nn4)ccc3C)c2)ccn1. The van der Waals surface area contributed by atoms with E-state index in [2.05, 4.69) is 40.9 Å². The minimum atomic E-state index is -0.607. The average Bonchev–Trinajstić information content (AvgIpc) is 3.36. The molecule has 4 aromatic rings. The summed E-state index contributed by atoms with van der Waals surface area (Å²) >= 11 is 0. The first-order chi connectivity index (χ1) is 16.8. The smallest absolute Gasteiger partial charge is 0.412 e. The van der Waals surface area contributed by atoms with E-state index in [1.165, 1.54) is 7.11 Å². The normalized spacial score (nSPS) is 10.8. The molecule has 3 heterocycles. The van der Waals surface area contributed by atoms with Crippen molar-refractivity contribution in [2.45, 2.75) is 26.8 Å². The van der Waals surface area contributed by atoms with Gasteiger partial charge in [-0.3, -0.25) is 10.1 Å². The summed E-state index contributed by atoms with van der Waals surface area (Å²) in [6.45, 7) is 5.87. The Morgan fingerprint density at radius 3 is 2.60 bits per heavy atom. The number of hydrogen-bond donors (Lipinski definition) is 2. The number of methoxy groups -OCH3 is 1. The summed E-state index contributed by atoms with van der Waals surface area (Å²) in [7, 11) is 1.28. The Balaban J connectivity index is 1.59. The van der Waals surface area contributed by atoms with Crippen LogP contribution in [0.1, 0.15) is 35.9 Å². The Bertz CT molecular complexity index is 1380.